The summed E-state index contributed by atoms with van der Waals surface area (Å²) in [7, 11) is 0. The maximum absolute atomic E-state index is 13.1. The average molecular weight is 271 g/mol. The van der Waals surface area contributed by atoms with Crippen LogP contribution in [0.3, 0.4) is 0 Å². The van der Waals surface area contributed by atoms with Crippen molar-refractivity contribution in [2.75, 3.05) is 13.1 Å². The summed E-state index contributed by atoms with van der Waals surface area (Å²) < 4.78 is 13.1. The maximum Gasteiger partial charge on any atom is 0.257 e. The van der Waals surface area contributed by atoms with E-state index >= 15 is 0 Å². The Balaban J connectivity index is 2.10. The van der Waals surface area contributed by atoms with Crippen molar-refractivity contribution in [2.24, 2.45) is 5.92 Å². The van der Waals surface area contributed by atoms with E-state index in [1.54, 1.807) is 4.90 Å². The number of pyridine rings is 1. The van der Waals surface area contributed by atoms with Crippen molar-refractivity contribution in [1.29, 1.82) is 0 Å². The fourth-order valence-corrected chi connectivity index (χ4v) is 2.47. The highest BCUT2D eigenvalue weighted by atomic mass is 35.5. The number of halogens is 2. The molecule has 1 aromatic heterocycles. The number of nitrogens with zero attached hydrogens (tertiary/aromatic N) is 2. The van der Waals surface area contributed by atoms with Gasteiger partial charge < -0.3 is 4.90 Å². The third kappa shape index (κ3) is 2.80. The second kappa shape index (κ2) is 5.65. The summed E-state index contributed by atoms with van der Waals surface area (Å²) >= 11 is 5.84. The minimum atomic E-state index is -0.536. The predicted octanol–water partition coefficient (Wildman–Crippen LogP) is 3.14. The lowest BCUT2D eigenvalue weighted by atomic mass is 9.94. The molecule has 0 aromatic carbocycles. The highest BCUT2D eigenvalue weighted by Crippen LogP contribution is 2.23. The first kappa shape index (κ1) is 13.3. The van der Waals surface area contributed by atoms with E-state index in [0.717, 1.165) is 31.5 Å². The molecule has 1 aromatic rings. The second-order valence-corrected chi connectivity index (χ2v) is 4.99. The second-order valence-electron chi connectivity index (χ2n) is 4.64. The summed E-state index contributed by atoms with van der Waals surface area (Å²) in [6.45, 7) is 3.59. The fraction of sp³-hybridized carbons (Fsp3) is 0.538. The molecule has 2 heterocycles. The van der Waals surface area contributed by atoms with Gasteiger partial charge in [-0.25, -0.2) is 9.37 Å². The summed E-state index contributed by atoms with van der Waals surface area (Å²) in [5.41, 5.74) is 0.159. The van der Waals surface area contributed by atoms with Crippen molar-refractivity contribution >= 4 is 17.5 Å². The lowest BCUT2D eigenvalue weighted by Crippen LogP contribution is -2.38. The summed E-state index contributed by atoms with van der Waals surface area (Å²) in [5, 5.41) is 0.0685. The van der Waals surface area contributed by atoms with Crippen LogP contribution in [0.1, 0.15) is 36.5 Å². The first-order valence-electron chi connectivity index (χ1n) is 6.22. The lowest BCUT2D eigenvalue weighted by molar-refractivity contribution is 0.0688. The molecule has 1 aliphatic heterocycles. The molecule has 0 aliphatic carbocycles. The van der Waals surface area contributed by atoms with Gasteiger partial charge in [0.25, 0.3) is 5.91 Å². The summed E-state index contributed by atoms with van der Waals surface area (Å²) in [5.74, 6) is -0.0668. The highest BCUT2D eigenvalue weighted by Gasteiger charge is 2.24. The molecular formula is C13H16ClFN2O. The summed E-state index contributed by atoms with van der Waals surface area (Å²) in [6, 6.07) is 1.16. The van der Waals surface area contributed by atoms with E-state index < -0.39 is 5.82 Å². The quantitative estimate of drug-likeness (QED) is 0.774. The van der Waals surface area contributed by atoms with Gasteiger partial charge in [-0.05, 0) is 24.8 Å². The molecule has 18 heavy (non-hydrogen) atoms. The zero-order valence-electron chi connectivity index (χ0n) is 10.3. The van der Waals surface area contributed by atoms with Crippen LogP contribution in [-0.4, -0.2) is 28.9 Å². The molecule has 2 rings (SSSR count). The molecule has 0 atom stereocenters. The molecule has 0 spiro atoms. The monoisotopic (exact) mass is 270 g/mol. The van der Waals surface area contributed by atoms with Crippen LogP contribution in [0.15, 0.2) is 12.3 Å². The largest absolute Gasteiger partial charge is 0.339 e. The van der Waals surface area contributed by atoms with Gasteiger partial charge in [-0.1, -0.05) is 24.9 Å². The van der Waals surface area contributed by atoms with Gasteiger partial charge in [-0.3, -0.25) is 4.79 Å². The number of hydrogen-bond donors (Lipinski definition) is 0. The minimum absolute atomic E-state index is 0.0685. The molecule has 0 saturated carbocycles. The van der Waals surface area contributed by atoms with Gasteiger partial charge in [0, 0.05) is 13.1 Å². The SMILES string of the molecule is CCC1CCN(C(=O)c2cc(F)cnc2Cl)CC1. The maximum atomic E-state index is 13.1. The molecule has 1 saturated heterocycles. The Morgan fingerprint density at radius 2 is 2.22 bits per heavy atom. The number of hydrogen-bond acceptors (Lipinski definition) is 2. The molecule has 0 radical (unpaired) electrons. The Bertz CT molecular complexity index is 445. The van der Waals surface area contributed by atoms with Crippen molar-refractivity contribution in [3.63, 3.8) is 0 Å². The topological polar surface area (TPSA) is 33.2 Å². The van der Waals surface area contributed by atoms with Crippen LogP contribution in [0.5, 0.6) is 0 Å². The smallest absolute Gasteiger partial charge is 0.257 e. The number of carbonyl (C=O) groups excluding carboxylic acids is 1. The molecule has 1 fully saturated rings. The summed E-state index contributed by atoms with van der Waals surface area (Å²) in [4.78, 5) is 17.6. The molecule has 5 heteroatoms. The van der Waals surface area contributed by atoms with Crippen LogP contribution in [0.4, 0.5) is 4.39 Å². The van der Waals surface area contributed by atoms with Gasteiger partial charge in [0.1, 0.15) is 11.0 Å². The van der Waals surface area contributed by atoms with Crippen LogP contribution in [-0.2, 0) is 0 Å². The third-order valence-electron chi connectivity index (χ3n) is 3.52. The Kier molecular flexibility index (Phi) is 4.17. The molecular weight excluding hydrogens is 255 g/mol. The normalized spacial score (nSPS) is 16.9. The molecule has 0 N–H and O–H groups in total. The number of carbonyl (C=O) groups is 1. The van der Waals surface area contributed by atoms with E-state index in [1.807, 2.05) is 0 Å². The average Bonchev–Trinajstić information content (AvgIpc) is 2.41. The van der Waals surface area contributed by atoms with E-state index in [1.165, 1.54) is 0 Å². The molecule has 98 valence electrons. The van der Waals surface area contributed by atoms with Gasteiger partial charge in [-0.2, -0.15) is 0 Å². The Labute approximate surface area is 111 Å². The third-order valence-corrected chi connectivity index (χ3v) is 3.82. The van der Waals surface area contributed by atoms with Crippen molar-refractivity contribution in [3.8, 4) is 0 Å². The van der Waals surface area contributed by atoms with Gasteiger partial charge in [0.15, 0.2) is 0 Å². The predicted molar refractivity (Wildman–Crippen MR) is 68.1 cm³/mol. The van der Waals surface area contributed by atoms with Crippen LogP contribution >= 0.6 is 11.6 Å². The summed E-state index contributed by atoms with van der Waals surface area (Å²) in [6.07, 6.45) is 4.16. The Morgan fingerprint density at radius 1 is 1.56 bits per heavy atom. The zero-order valence-corrected chi connectivity index (χ0v) is 11.1. The Morgan fingerprint density at radius 3 is 2.83 bits per heavy atom. The van der Waals surface area contributed by atoms with Crippen molar-refractivity contribution in [3.05, 3.63) is 28.8 Å². The zero-order chi connectivity index (χ0) is 13.1. The molecule has 0 bridgehead atoms. The molecule has 1 amide bonds. The molecule has 0 unspecified atom stereocenters. The highest BCUT2D eigenvalue weighted by molar-refractivity contribution is 6.32. The fourth-order valence-electron chi connectivity index (χ4n) is 2.29. The van der Waals surface area contributed by atoms with E-state index in [9.17, 15) is 9.18 Å². The first-order chi connectivity index (χ1) is 8.61. The number of likely N-dealkylation sites (tertiary alicyclic amines) is 1. The van der Waals surface area contributed by atoms with Crippen LogP contribution in [0.25, 0.3) is 0 Å². The van der Waals surface area contributed by atoms with Crippen molar-refractivity contribution in [2.45, 2.75) is 26.2 Å². The van der Waals surface area contributed by atoms with Crippen molar-refractivity contribution in [1.82, 2.24) is 9.88 Å². The van der Waals surface area contributed by atoms with E-state index in [4.69, 9.17) is 11.6 Å². The standard InChI is InChI=1S/C13H16ClFN2O/c1-2-9-3-5-17(6-4-9)13(18)11-7-10(15)8-16-12(11)14/h7-9H,2-6H2,1H3. The number of piperidine rings is 1. The van der Waals surface area contributed by atoms with E-state index in [-0.39, 0.29) is 16.6 Å². The van der Waals surface area contributed by atoms with Crippen molar-refractivity contribution < 1.29 is 9.18 Å². The Hall–Kier alpha value is -1.16. The number of aromatic nitrogens is 1. The lowest BCUT2D eigenvalue weighted by Gasteiger charge is -2.31. The number of rotatable bonds is 2. The minimum Gasteiger partial charge on any atom is -0.339 e. The first-order valence-corrected chi connectivity index (χ1v) is 6.60. The van der Waals surface area contributed by atoms with Gasteiger partial charge in [0.2, 0.25) is 0 Å². The van der Waals surface area contributed by atoms with Crippen LogP contribution in [0.2, 0.25) is 5.15 Å². The van der Waals surface area contributed by atoms with E-state index in [2.05, 4.69) is 11.9 Å². The van der Waals surface area contributed by atoms with Gasteiger partial charge in [-0.15, -0.1) is 0 Å². The molecule has 1 aliphatic rings. The molecule has 3 nitrogen and oxygen atoms in total. The van der Waals surface area contributed by atoms with E-state index in [0.29, 0.717) is 19.0 Å². The van der Waals surface area contributed by atoms with Gasteiger partial charge in [0.05, 0.1) is 11.8 Å². The van der Waals surface area contributed by atoms with Crippen LogP contribution in [0, 0.1) is 11.7 Å². The number of amides is 1. The van der Waals surface area contributed by atoms with Gasteiger partial charge >= 0.3 is 0 Å². The van der Waals surface area contributed by atoms with Crippen LogP contribution < -0.4 is 0 Å².